The van der Waals surface area contributed by atoms with Crippen LogP contribution in [0.5, 0.6) is 5.75 Å². The second-order valence-electron chi connectivity index (χ2n) is 7.67. The van der Waals surface area contributed by atoms with Crippen LogP contribution >= 0.6 is 0 Å². The second kappa shape index (κ2) is 9.49. The first-order valence-corrected chi connectivity index (χ1v) is 10.3. The zero-order chi connectivity index (χ0) is 24.3. The van der Waals surface area contributed by atoms with Crippen molar-refractivity contribution in [3.8, 4) is 5.75 Å². The predicted octanol–water partition coefficient (Wildman–Crippen LogP) is 4.12. The molecule has 0 spiro atoms. The number of aromatic nitrogens is 1. The molecular formula is C20H21F5N2O4S. The Morgan fingerprint density at radius 1 is 1.12 bits per heavy atom. The summed E-state index contributed by atoms with van der Waals surface area (Å²) in [5, 5.41) is 0. The van der Waals surface area contributed by atoms with Crippen LogP contribution in [-0.2, 0) is 26.1 Å². The van der Waals surface area contributed by atoms with Crippen molar-refractivity contribution >= 4 is 17.0 Å². The summed E-state index contributed by atoms with van der Waals surface area (Å²) < 4.78 is 90.0. The van der Waals surface area contributed by atoms with Crippen molar-refractivity contribution in [2.45, 2.75) is 43.8 Å². The fraction of sp³-hybridized carbons (Fsp3) is 0.400. The molecule has 0 unspecified atom stereocenters. The number of carbonyl (C=O) groups excluding carboxylic acids is 1. The minimum absolute atomic E-state index is 0.217. The molecule has 0 fully saturated rings. The Balaban J connectivity index is 2.78. The van der Waals surface area contributed by atoms with Crippen molar-refractivity contribution in [2.24, 2.45) is 0 Å². The third kappa shape index (κ3) is 6.00. The highest BCUT2D eigenvalue weighted by Gasteiger charge is 2.44. The van der Waals surface area contributed by atoms with E-state index in [1.807, 2.05) is 0 Å². The number of hydrogen-bond acceptors (Lipinski definition) is 5. The average Bonchev–Trinajstić information content (AvgIpc) is 2.67. The number of pyridine rings is 1. The van der Waals surface area contributed by atoms with Crippen molar-refractivity contribution in [3.63, 3.8) is 0 Å². The van der Waals surface area contributed by atoms with Gasteiger partial charge in [-0.05, 0) is 50.6 Å². The van der Waals surface area contributed by atoms with Crippen molar-refractivity contribution in [1.82, 2.24) is 9.71 Å². The van der Waals surface area contributed by atoms with E-state index < -0.39 is 63.1 Å². The summed E-state index contributed by atoms with van der Waals surface area (Å²) in [6, 6.07) is 4.59. The van der Waals surface area contributed by atoms with Gasteiger partial charge in [-0.25, -0.2) is 17.7 Å². The number of methoxy groups -OCH3 is 1. The van der Waals surface area contributed by atoms with Crippen molar-refractivity contribution < 1.29 is 40.4 Å². The Hall–Kier alpha value is -2.60. The minimum Gasteiger partial charge on any atom is -0.469 e. The molecule has 0 bridgehead atoms. The molecule has 176 valence electrons. The highest BCUT2D eigenvalue weighted by atomic mass is 32.2. The normalized spacial score (nSPS) is 15.0. The van der Waals surface area contributed by atoms with E-state index in [1.54, 1.807) is 20.8 Å². The molecule has 0 radical (unpaired) electrons. The number of halogens is 5. The summed E-state index contributed by atoms with van der Waals surface area (Å²) in [6.45, 7) is 4.78. The molecule has 0 aliphatic carbocycles. The Labute approximate surface area is 183 Å². The van der Waals surface area contributed by atoms with E-state index in [0.717, 1.165) is 19.2 Å². The molecule has 0 aliphatic rings. The van der Waals surface area contributed by atoms with Gasteiger partial charge >= 0.3 is 12.3 Å². The van der Waals surface area contributed by atoms with Crippen LogP contribution in [0, 0.1) is 11.6 Å². The quantitative estimate of drug-likeness (QED) is 0.477. The molecule has 0 saturated carbocycles. The lowest BCUT2D eigenvalue weighted by molar-refractivity contribution is -0.275. The number of carbonyl (C=O) groups is 1. The highest BCUT2D eigenvalue weighted by Crippen LogP contribution is 2.38. The number of esters is 1. The maximum absolute atomic E-state index is 14.9. The van der Waals surface area contributed by atoms with Crippen LogP contribution in [0.25, 0.3) is 0 Å². The van der Waals surface area contributed by atoms with Gasteiger partial charge < -0.3 is 9.47 Å². The Bertz CT molecular complexity index is 1010. The van der Waals surface area contributed by atoms with E-state index in [9.17, 15) is 31.0 Å². The first kappa shape index (κ1) is 25.7. The molecular weight excluding hydrogens is 459 g/mol. The number of alkyl halides is 3. The van der Waals surface area contributed by atoms with E-state index in [0.29, 0.717) is 12.1 Å². The molecule has 1 aromatic carbocycles. The fourth-order valence-electron chi connectivity index (χ4n) is 2.74. The SMILES string of the molecule is COC(=O)C[C@](N[S@@](=O)C(C)(C)C)(c1ccc(OC(F)(F)F)c(F)c1)c1ncccc1F. The summed E-state index contributed by atoms with van der Waals surface area (Å²) in [6.07, 6.45) is -4.65. The van der Waals surface area contributed by atoms with Crippen molar-refractivity contribution in [1.29, 1.82) is 0 Å². The smallest absolute Gasteiger partial charge is 0.469 e. The molecule has 6 nitrogen and oxygen atoms in total. The number of benzene rings is 1. The lowest BCUT2D eigenvalue weighted by Crippen LogP contribution is -2.51. The van der Waals surface area contributed by atoms with Gasteiger partial charge in [0.15, 0.2) is 11.6 Å². The van der Waals surface area contributed by atoms with E-state index in [4.69, 9.17) is 0 Å². The summed E-state index contributed by atoms with van der Waals surface area (Å²) in [5.41, 5.74) is -2.69. The molecule has 0 aliphatic heterocycles. The average molecular weight is 480 g/mol. The maximum Gasteiger partial charge on any atom is 0.573 e. The van der Waals surface area contributed by atoms with E-state index in [2.05, 4.69) is 19.2 Å². The topological polar surface area (TPSA) is 77.5 Å². The first-order chi connectivity index (χ1) is 14.7. The first-order valence-electron chi connectivity index (χ1n) is 9.13. The fourth-order valence-corrected chi connectivity index (χ4v) is 3.65. The number of nitrogens with one attached hydrogen (secondary N) is 1. The molecule has 2 rings (SSSR count). The van der Waals surface area contributed by atoms with Gasteiger partial charge in [0.05, 0.1) is 29.3 Å². The summed E-state index contributed by atoms with van der Waals surface area (Å²) in [7, 11) is -0.901. The van der Waals surface area contributed by atoms with Gasteiger partial charge in [-0.2, -0.15) is 0 Å². The van der Waals surface area contributed by atoms with E-state index >= 15 is 0 Å². The van der Waals surface area contributed by atoms with Crippen LogP contribution in [0.4, 0.5) is 22.0 Å². The molecule has 32 heavy (non-hydrogen) atoms. The molecule has 1 aromatic heterocycles. The van der Waals surface area contributed by atoms with Crippen LogP contribution in [0.1, 0.15) is 38.4 Å². The van der Waals surface area contributed by atoms with Gasteiger partial charge in [0, 0.05) is 6.20 Å². The third-order valence-corrected chi connectivity index (χ3v) is 5.92. The largest absolute Gasteiger partial charge is 0.573 e. The van der Waals surface area contributed by atoms with Gasteiger partial charge in [0.2, 0.25) is 0 Å². The number of ether oxygens (including phenoxy) is 2. The van der Waals surface area contributed by atoms with Crippen molar-refractivity contribution in [3.05, 3.63) is 59.4 Å². The summed E-state index contributed by atoms with van der Waals surface area (Å²) in [5.74, 6) is -4.39. The summed E-state index contributed by atoms with van der Waals surface area (Å²) >= 11 is 0. The molecule has 2 aromatic rings. The minimum atomic E-state index is -5.15. The Kier molecular flexibility index (Phi) is 7.61. The molecule has 0 amide bonds. The van der Waals surface area contributed by atoms with Crippen molar-refractivity contribution in [2.75, 3.05) is 7.11 Å². The molecule has 0 saturated heterocycles. The van der Waals surface area contributed by atoms with Gasteiger partial charge in [-0.3, -0.25) is 9.78 Å². The number of nitrogens with zero attached hydrogens (tertiary/aromatic N) is 1. The van der Waals surface area contributed by atoms with Gasteiger partial charge in [-0.1, -0.05) is 6.07 Å². The van der Waals surface area contributed by atoms with E-state index in [-0.39, 0.29) is 5.56 Å². The Morgan fingerprint density at radius 3 is 2.28 bits per heavy atom. The predicted molar refractivity (Wildman–Crippen MR) is 106 cm³/mol. The molecule has 12 heteroatoms. The van der Waals surface area contributed by atoms with Crippen LogP contribution in [0.15, 0.2) is 36.5 Å². The van der Waals surface area contributed by atoms with Crippen LogP contribution in [0.2, 0.25) is 0 Å². The van der Waals surface area contributed by atoms with Crippen LogP contribution < -0.4 is 9.46 Å². The zero-order valence-corrected chi connectivity index (χ0v) is 18.4. The standard InChI is InChI=1S/C20H21F5N2O4S/c1-18(2,3)32(29)27-19(11-16(28)30-4,17-13(21)6-5-9-26-17)12-7-8-15(14(22)10-12)31-20(23,24)25/h5-10,27H,11H2,1-4H3/t19-,32-/m0/s1. The third-order valence-electron chi connectivity index (χ3n) is 4.27. The van der Waals surface area contributed by atoms with Gasteiger partial charge in [0.1, 0.15) is 17.1 Å². The lowest BCUT2D eigenvalue weighted by atomic mass is 9.83. The number of hydrogen-bond donors (Lipinski definition) is 1. The molecule has 1 N–H and O–H groups in total. The summed E-state index contributed by atoms with van der Waals surface area (Å²) in [4.78, 5) is 16.2. The maximum atomic E-state index is 14.9. The second-order valence-corrected chi connectivity index (χ2v) is 9.63. The molecule has 1 heterocycles. The van der Waals surface area contributed by atoms with Gasteiger partial charge in [-0.15, -0.1) is 13.2 Å². The monoisotopic (exact) mass is 480 g/mol. The highest BCUT2D eigenvalue weighted by molar-refractivity contribution is 7.84. The zero-order valence-electron chi connectivity index (χ0n) is 17.5. The lowest BCUT2D eigenvalue weighted by Gasteiger charge is -2.36. The van der Waals surface area contributed by atoms with Gasteiger partial charge in [0.25, 0.3) is 0 Å². The van der Waals surface area contributed by atoms with E-state index in [1.165, 1.54) is 12.3 Å². The van der Waals surface area contributed by atoms with Crippen LogP contribution in [-0.4, -0.2) is 33.4 Å². The van der Waals surface area contributed by atoms with Crippen LogP contribution in [0.3, 0.4) is 0 Å². The number of rotatable bonds is 7. The molecule has 2 atom stereocenters. The Morgan fingerprint density at radius 2 is 1.78 bits per heavy atom.